The number of alkyl halides is 3. The second-order valence-corrected chi connectivity index (χ2v) is 8.13. The Labute approximate surface area is 218 Å². The minimum atomic E-state index is -4.68. The number of rotatable bonds is 8. The first-order valence-electron chi connectivity index (χ1n) is 10.8. The van der Waals surface area contributed by atoms with Crippen molar-refractivity contribution in [2.75, 3.05) is 10.7 Å². The summed E-state index contributed by atoms with van der Waals surface area (Å²) in [5, 5.41) is 13.9. The van der Waals surface area contributed by atoms with Crippen LogP contribution in [-0.2, 0) is 11.0 Å². The van der Waals surface area contributed by atoms with E-state index in [1.807, 2.05) is 0 Å². The summed E-state index contributed by atoms with van der Waals surface area (Å²) < 4.78 is 38.7. The molecule has 38 heavy (non-hydrogen) atoms. The summed E-state index contributed by atoms with van der Waals surface area (Å²) in [6, 6.07) is 18.4. The highest BCUT2D eigenvalue weighted by molar-refractivity contribution is 6.33. The Hall–Kier alpha value is -4.78. The Kier molecular flexibility index (Phi) is 7.67. The van der Waals surface area contributed by atoms with E-state index in [4.69, 9.17) is 11.6 Å². The van der Waals surface area contributed by atoms with E-state index in [1.54, 1.807) is 60.7 Å². The molecule has 10 nitrogen and oxygen atoms in total. The second kappa shape index (κ2) is 11.1. The molecule has 0 bridgehead atoms. The van der Waals surface area contributed by atoms with Crippen LogP contribution in [0.1, 0.15) is 22.6 Å². The van der Waals surface area contributed by atoms with Crippen LogP contribution in [0.25, 0.3) is 0 Å². The van der Waals surface area contributed by atoms with Crippen LogP contribution >= 0.6 is 11.6 Å². The van der Waals surface area contributed by atoms with Crippen LogP contribution in [0.3, 0.4) is 0 Å². The Morgan fingerprint density at radius 3 is 2.03 bits per heavy atom. The molecule has 2 aromatic heterocycles. The Morgan fingerprint density at radius 1 is 0.921 bits per heavy atom. The number of benzene rings is 2. The number of anilines is 3. The van der Waals surface area contributed by atoms with Gasteiger partial charge in [0.15, 0.2) is 5.82 Å². The lowest BCUT2D eigenvalue weighted by molar-refractivity contribution is -0.383. The Balaban J connectivity index is 1.60. The number of nitrogens with one attached hydrogen (secondary N) is 3. The van der Waals surface area contributed by atoms with Crippen molar-refractivity contribution in [3.05, 3.63) is 111 Å². The highest BCUT2D eigenvalue weighted by Gasteiger charge is 2.32. The van der Waals surface area contributed by atoms with Gasteiger partial charge in [-0.2, -0.15) is 13.2 Å². The van der Waals surface area contributed by atoms with Gasteiger partial charge in [-0.25, -0.2) is 15.0 Å². The van der Waals surface area contributed by atoms with E-state index in [0.29, 0.717) is 23.4 Å². The molecule has 0 radical (unpaired) electrons. The van der Waals surface area contributed by atoms with E-state index in [9.17, 15) is 28.1 Å². The summed E-state index contributed by atoms with van der Waals surface area (Å²) >= 11 is 5.90. The molecule has 0 saturated carbocycles. The Bertz CT molecular complexity index is 1420. The van der Waals surface area contributed by atoms with E-state index in [0.717, 1.165) is 6.33 Å². The van der Waals surface area contributed by atoms with Gasteiger partial charge in [-0.3, -0.25) is 25.8 Å². The number of amides is 1. The van der Waals surface area contributed by atoms with Crippen molar-refractivity contribution in [2.24, 2.45) is 0 Å². The average molecular weight is 544 g/mol. The van der Waals surface area contributed by atoms with Gasteiger partial charge in [0.05, 0.1) is 21.4 Å². The number of carbonyl (C=O) groups is 1. The van der Waals surface area contributed by atoms with Gasteiger partial charge in [0, 0.05) is 6.20 Å². The number of nitro groups is 1. The number of halogens is 4. The predicted octanol–water partition coefficient (Wildman–Crippen LogP) is 5.47. The molecule has 0 atom stereocenters. The van der Waals surface area contributed by atoms with E-state index >= 15 is 0 Å². The molecule has 1 amide bonds. The molecule has 0 aliphatic heterocycles. The maximum atomic E-state index is 13.2. The molecular weight excluding hydrogens is 527 g/mol. The number of hydrogen-bond acceptors (Lipinski definition) is 8. The molecule has 0 unspecified atom stereocenters. The van der Waals surface area contributed by atoms with Crippen LogP contribution < -0.4 is 16.2 Å². The van der Waals surface area contributed by atoms with Crippen molar-refractivity contribution in [1.29, 1.82) is 0 Å². The Morgan fingerprint density at radius 2 is 1.50 bits per heavy atom. The van der Waals surface area contributed by atoms with Gasteiger partial charge in [-0.1, -0.05) is 72.3 Å². The van der Waals surface area contributed by atoms with Crippen molar-refractivity contribution in [1.82, 2.24) is 20.4 Å². The number of hydrazine groups is 1. The van der Waals surface area contributed by atoms with E-state index < -0.39 is 45.0 Å². The molecule has 3 N–H and O–H groups in total. The summed E-state index contributed by atoms with van der Waals surface area (Å²) in [6.07, 6.45) is -3.20. The van der Waals surface area contributed by atoms with Crippen molar-refractivity contribution < 1.29 is 22.9 Å². The number of hydrogen-bond donors (Lipinski definition) is 3. The smallest absolute Gasteiger partial charge is 0.318 e. The maximum Gasteiger partial charge on any atom is 0.417 e. The quantitative estimate of drug-likeness (QED) is 0.197. The average Bonchev–Trinajstić information content (AvgIpc) is 2.89. The molecular formula is C24H17ClF3N7O3. The predicted molar refractivity (Wildman–Crippen MR) is 133 cm³/mol. The fourth-order valence-corrected chi connectivity index (χ4v) is 3.72. The van der Waals surface area contributed by atoms with Gasteiger partial charge < -0.3 is 5.32 Å². The zero-order valence-corrected chi connectivity index (χ0v) is 19.9. The third-order valence-electron chi connectivity index (χ3n) is 5.24. The van der Waals surface area contributed by atoms with Gasteiger partial charge in [0.25, 0.3) is 0 Å². The second-order valence-electron chi connectivity index (χ2n) is 7.72. The molecule has 0 saturated heterocycles. The largest absolute Gasteiger partial charge is 0.417 e. The first-order chi connectivity index (χ1) is 18.1. The first-order valence-corrected chi connectivity index (χ1v) is 11.2. The van der Waals surface area contributed by atoms with Gasteiger partial charge in [0.1, 0.15) is 6.33 Å². The van der Waals surface area contributed by atoms with Gasteiger partial charge in [0.2, 0.25) is 17.5 Å². The summed E-state index contributed by atoms with van der Waals surface area (Å²) in [6.45, 7) is 0. The summed E-state index contributed by atoms with van der Waals surface area (Å²) in [5.41, 5.74) is 4.45. The molecule has 0 aliphatic carbocycles. The first kappa shape index (κ1) is 26.3. The summed E-state index contributed by atoms with van der Waals surface area (Å²) in [5.74, 6) is -2.39. The molecule has 0 fully saturated rings. The van der Waals surface area contributed by atoms with Crippen LogP contribution in [0, 0.1) is 10.1 Å². The van der Waals surface area contributed by atoms with Crippen molar-refractivity contribution >= 4 is 40.6 Å². The maximum absolute atomic E-state index is 13.2. The lowest BCUT2D eigenvalue weighted by Crippen LogP contribution is -2.35. The van der Waals surface area contributed by atoms with Crippen LogP contribution in [0.5, 0.6) is 0 Å². The highest BCUT2D eigenvalue weighted by Crippen LogP contribution is 2.35. The standard InChI is InChI=1S/C24H17ClF3N7O3/c25-17-11-16(24(26,27)28)12-29-20(17)32-21-19(35(37)38)22(31-13-30-21)33-34-23(36)18(14-7-3-1-4-8-14)15-9-5-2-6-10-15/h1-13,18H,(H,34,36)(H2,29,30,31,32,33). The lowest BCUT2D eigenvalue weighted by Gasteiger charge is -2.18. The minimum Gasteiger partial charge on any atom is -0.318 e. The minimum absolute atomic E-state index is 0.301. The number of pyridine rings is 1. The molecule has 0 aliphatic rings. The highest BCUT2D eigenvalue weighted by atomic mass is 35.5. The summed E-state index contributed by atoms with van der Waals surface area (Å²) in [4.78, 5) is 35.4. The van der Waals surface area contributed by atoms with Gasteiger partial charge >= 0.3 is 11.9 Å². The molecule has 194 valence electrons. The monoisotopic (exact) mass is 543 g/mol. The van der Waals surface area contributed by atoms with Crippen LogP contribution in [0.15, 0.2) is 79.3 Å². The number of carbonyl (C=O) groups excluding carboxylic acids is 1. The number of aromatic nitrogens is 3. The zero-order valence-electron chi connectivity index (χ0n) is 19.1. The molecule has 14 heteroatoms. The SMILES string of the molecule is O=C(NNc1ncnc(Nc2ncc(C(F)(F)F)cc2Cl)c1[N+](=O)[O-])C(c1ccccc1)c1ccccc1. The van der Waals surface area contributed by atoms with Crippen molar-refractivity contribution in [3.8, 4) is 0 Å². The van der Waals surface area contributed by atoms with E-state index in [-0.39, 0.29) is 11.6 Å². The summed E-state index contributed by atoms with van der Waals surface area (Å²) in [7, 11) is 0. The van der Waals surface area contributed by atoms with Crippen LogP contribution in [0.4, 0.5) is 36.3 Å². The van der Waals surface area contributed by atoms with Crippen molar-refractivity contribution in [2.45, 2.75) is 12.1 Å². The zero-order chi connectivity index (χ0) is 27.3. The third kappa shape index (κ3) is 5.95. The van der Waals surface area contributed by atoms with Gasteiger partial charge in [-0.15, -0.1) is 0 Å². The van der Waals surface area contributed by atoms with E-state index in [2.05, 4.69) is 31.1 Å². The van der Waals surface area contributed by atoms with Crippen molar-refractivity contribution in [3.63, 3.8) is 0 Å². The molecule has 0 spiro atoms. The molecule has 4 rings (SSSR count). The van der Waals surface area contributed by atoms with Crippen LogP contribution in [0.2, 0.25) is 5.02 Å². The molecule has 4 aromatic rings. The molecule has 2 aromatic carbocycles. The van der Waals surface area contributed by atoms with Crippen LogP contribution in [-0.4, -0.2) is 25.8 Å². The third-order valence-corrected chi connectivity index (χ3v) is 5.53. The topological polar surface area (TPSA) is 135 Å². The fraction of sp³-hybridized carbons (Fsp3) is 0.0833. The van der Waals surface area contributed by atoms with Gasteiger partial charge in [-0.05, 0) is 17.2 Å². The molecule has 2 heterocycles. The fourth-order valence-electron chi connectivity index (χ4n) is 3.51. The lowest BCUT2D eigenvalue weighted by atomic mass is 9.91. The van der Waals surface area contributed by atoms with E-state index in [1.165, 1.54) is 0 Å². The number of nitrogens with zero attached hydrogens (tertiary/aromatic N) is 4. The normalized spacial score (nSPS) is 11.2.